The quantitative estimate of drug-likeness (QED) is 0.107. The molecule has 6 nitrogen and oxygen atoms in total. The minimum absolute atomic E-state index is 0.437. The van der Waals surface area contributed by atoms with E-state index < -0.39 is 5.41 Å². The van der Waals surface area contributed by atoms with Crippen LogP contribution in [0.15, 0.2) is 72.8 Å². The van der Waals surface area contributed by atoms with E-state index in [1.807, 2.05) is 0 Å². The Morgan fingerprint density at radius 3 is 1.61 bits per heavy atom. The van der Waals surface area contributed by atoms with Crippen molar-refractivity contribution in [1.82, 2.24) is 0 Å². The zero-order chi connectivity index (χ0) is 32.7. The Bertz CT molecular complexity index is 1580. The summed E-state index contributed by atoms with van der Waals surface area (Å²) in [6.45, 7) is 12.9. The van der Waals surface area contributed by atoms with Crippen LogP contribution in [0.1, 0.15) is 44.5 Å². The number of aryl methyl sites for hydroxylation is 4. The Balaban J connectivity index is 1.45. The molecular weight excluding hydrogens is 574 g/mol. The van der Waals surface area contributed by atoms with Crippen molar-refractivity contribution >= 4 is 5.69 Å². The van der Waals surface area contributed by atoms with Gasteiger partial charge >= 0.3 is 0 Å². The summed E-state index contributed by atoms with van der Waals surface area (Å²) in [7, 11) is 5.78. The molecule has 0 saturated heterocycles. The van der Waals surface area contributed by atoms with Crippen molar-refractivity contribution in [2.75, 3.05) is 79.0 Å². The summed E-state index contributed by atoms with van der Waals surface area (Å²) in [6.07, 6.45) is 0. The molecule has 5 rings (SSSR count). The number of hydrogen-bond acceptors (Lipinski definition) is 6. The molecule has 46 heavy (non-hydrogen) atoms. The number of methoxy groups -OCH3 is 1. The van der Waals surface area contributed by atoms with Gasteiger partial charge in [0.1, 0.15) is 12.4 Å². The van der Waals surface area contributed by atoms with Crippen molar-refractivity contribution < 1.29 is 23.7 Å². The van der Waals surface area contributed by atoms with E-state index in [-0.39, 0.29) is 0 Å². The summed E-state index contributed by atoms with van der Waals surface area (Å²) >= 11 is 0. The van der Waals surface area contributed by atoms with E-state index in [0.717, 1.165) is 11.4 Å². The molecule has 0 spiro atoms. The summed E-state index contributed by atoms with van der Waals surface area (Å²) in [4.78, 5) is 2.11. The highest BCUT2D eigenvalue weighted by Crippen LogP contribution is 2.57. The molecule has 0 bridgehead atoms. The second-order valence-electron chi connectivity index (χ2n) is 12.4. The van der Waals surface area contributed by atoms with Gasteiger partial charge in [0.15, 0.2) is 0 Å². The van der Waals surface area contributed by atoms with Gasteiger partial charge < -0.3 is 28.6 Å². The average Bonchev–Trinajstić information content (AvgIpc) is 3.31. The molecule has 0 aromatic heterocycles. The fourth-order valence-electron chi connectivity index (χ4n) is 6.44. The van der Waals surface area contributed by atoms with Gasteiger partial charge in [-0.1, -0.05) is 71.8 Å². The van der Waals surface area contributed by atoms with Crippen molar-refractivity contribution in [3.63, 3.8) is 0 Å². The molecule has 0 amide bonds. The smallest absolute Gasteiger partial charge is 0.143 e. The number of ether oxygens (including phenoxy) is 5. The summed E-state index contributed by atoms with van der Waals surface area (Å²) in [5, 5.41) is 0. The maximum Gasteiger partial charge on any atom is 0.143 e. The summed E-state index contributed by atoms with van der Waals surface area (Å²) in [5.41, 5.74) is 13.3. The predicted octanol–water partition coefficient (Wildman–Crippen LogP) is 7.42. The first-order valence-electron chi connectivity index (χ1n) is 16.2. The zero-order valence-electron chi connectivity index (χ0n) is 28.6. The third-order valence-electron chi connectivity index (χ3n) is 8.92. The van der Waals surface area contributed by atoms with Gasteiger partial charge in [-0.05, 0) is 84.3 Å². The highest BCUT2D eigenvalue weighted by molar-refractivity contribution is 5.87. The van der Waals surface area contributed by atoms with Crippen molar-refractivity contribution in [3.8, 4) is 16.9 Å². The average molecular weight is 624 g/mol. The molecule has 244 valence electrons. The molecule has 0 heterocycles. The van der Waals surface area contributed by atoms with Crippen LogP contribution in [-0.2, 0) is 24.4 Å². The van der Waals surface area contributed by atoms with Crippen LogP contribution in [0.2, 0.25) is 0 Å². The molecule has 0 aliphatic heterocycles. The molecule has 0 saturated carbocycles. The second-order valence-corrected chi connectivity index (χ2v) is 12.4. The molecule has 0 radical (unpaired) electrons. The van der Waals surface area contributed by atoms with E-state index in [9.17, 15) is 0 Å². The van der Waals surface area contributed by atoms with Crippen LogP contribution in [-0.4, -0.2) is 74.1 Å². The standard InChI is InChI=1S/C40H49NO5/c1-28-8-13-34-35-14-9-29(2)25-37(35)40(36(34)24-28,32-11-10-30(3)31(4)26-32)33-12-15-38(41(5)6)39(27-33)46-23-22-45-21-20-44-19-18-43-17-16-42-7/h8-15,24-27H,16-23H2,1-7H3. The van der Waals surface area contributed by atoms with Crippen LogP contribution in [0, 0.1) is 27.7 Å². The molecule has 4 aromatic rings. The maximum atomic E-state index is 6.49. The first-order valence-corrected chi connectivity index (χ1v) is 16.2. The highest BCUT2D eigenvalue weighted by atomic mass is 16.6. The van der Waals surface area contributed by atoms with E-state index in [4.69, 9.17) is 23.7 Å². The van der Waals surface area contributed by atoms with E-state index in [1.165, 1.54) is 55.6 Å². The molecule has 1 aliphatic rings. The lowest BCUT2D eigenvalue weighted by Crippen LogP contribution is -2.29. The van der Waals surface area contributed by atoms with Crippen LogP contribution < -0.4 is 9.64 Å². The first kappa shape index (κ1) is 33.7. The van der Waals surface area contributed by atoms with Crippen LogP contribution in [0.3, 0.4) is 0 Å². The third kappa shape index (κ3) is 7.01. The fraction of sp³-hybridized carbons (Fsp3) is 0.400. The first-order chi connectivity index (χ1) is 22.3. The predicted molar refractivity (Wildman–Crippen MR) is 187 cm³/mol. The maximum absolute atomic E-state index is 6.49. The molecule has 0 atom stereocenters. The molecule has 0 fully saturated rings. The number of hydrogen-bond donors (Lipinski definition) is 0. The number of anilines is 1. The molecule has 1 aliphatic carbocycles. The van der Waals surface area contributed by atoms with Gasteiger partial charge in [0, 0.05) is 21.2 Å². The van der Waals surface area contributed by atoms with Gasteiger partial charge in [-0.15, -0.1) is 0 Å². The van der Waals surface area contributed by atoms with Crippen molar-refractivity contribution in [1.29, 1.82) is 0 Å². The minimum Gasteiger partial charge on any atom is -0.489 e. The van der Waals surface area contributed by atoms with Gasteiger partial charge in [0.05, 0.1) is 57.4 Å². The highest BCUT2D eigenvalue weighted by Gasteiger charge is 2.46. The monoisotopic (exact) mass is 623 g/mol. The number of nitrogens with zero attached hydrogens (tertiary/aromatic N) is 1. The van der Waals surface area contributed by atoms with Gasteiger partial charge in [-0.2, -0.15) is 0 Å². The number of rotatable bonds is 16. The van der Waals surface area contributed by atoms with Gasteiger partial charge in [0.2, 0.25) is 0 Å². The topological polar surface area (TPSA) is 49.4 Å². The van der Waals surface area contributed by atoms with Crippen molar-refractivity contribution in [3.05, 3.63) is 117 Å². The minimum atomic E-state index is -0.495. The Morgan fingerprint density at radius 2 is 1.07 bits per heavy atom. The largest absolute Gasteiger partial charge is 0.489 e. The van der Waals surface area contributed by atoms with Crippen LogP contribution >= 0.6 is 0 Å². The van der Waals surface area contributed by atoms with Crippen molar-refractivity contribution in [2.24, 2.45) is 0 Å². The Labute approximate surface area is 275 Å². The molecule has 6 heteroatoms. The van der Waals surface area contributed by atoms with E-state index in [1.54, 1.807) is 7.11 Å². The second kappa shape index (κ2) is 15.3. The fourth-order valence-corrected chi connectivity index (χ4v) is 6.44. The van der Waals surface area contributed by atoms with Crippen LogP contribution in [0.4, 0.5) is 5.69 Å². The van der Waals surface area contributed by atoms with E-state index in [0.29, 0.717) is 52.9 Å². The number of fused-ring (bicyclic) bond motifs is 3. The van der Waals surface area contributed by atoms with Gasteiger partial charge in [-0.25, -0.2) is 0 Å². The summed E-state index contributed by atoms with van der Waals surface area (Å²) in [6, 6.07) is 27.5. The Hall–Kier alpha value is -3.68. The lowest BCUT2D eigenvalue weighted by atomic mass is 9.67. The molecule has 0 N–H and O–H groups in total. The Morgan fingerprint density at radius 1 is 0.543 bits per heavy atom. The normalized spacial score (nSPS) is 13.0. The van der Waals surface area contributed by atoms with Gasteiger partial charge in [0.25, 0.3) is 0 Å². The van der Waals surface area contributed by atoms with E-state index >= 15 is 0 Å². The third-order valence-corrected chi connectivity index (χ3v) is 8.92. The van der Waals surface area contributed by atoms with Gasteiger partial charge in [-0.3, -0.25) is 0 Å². The van der Waals surface area contributed by atoms with E-state index in [2.05, 4.69) is 119 Å². The lowest BCUT2D eigenvalue weighted by Gasteiger charge is -2.35. The lowest BCUT2D eigenvalue weighted by molar-refractivity contribution is 0.000179. The summed E-state index contributed by atoms with van der Waals surface area (Å²) < 4.78 is 28.3. The molecule has 4 aromatic carbocycles. The Kier molecular flexibility index (Phi) is 11.2. The molecular formula is C40H49NO5. The van der Waals surface area contributed by atoms with Crippen LogP contribution in [0.25, 0.3) is 11.1 Å². The van der Waals surface area contributed by atoms with Crippen molar-refractivity contribution in [2.45, 2.75) is 33.1 Å². The number of benzene rings is 4. The molecule has 0 unspecified atom stereocenters. The zero-order valence-corrected chi connectivity index (χ0v) is 28.6. The summed E-state index contributed by atoms with van der Waals surface area (Å²) in [5.74, 6) is 0.842. The van der Waals surface area contributed by atoms with Crippen LogP contribution in [0.5, 0.6) is 5.75 Å². The SMILES string of the molecule is COCCOCCOCCOCCOc1cc(C2(c3ccc(C)c(C)c3)c3cc(C)ccc3-c3ccc(C)cc32)ccc1N(C)C.